The predicted octanol–water partition coefficient (Wildman–Crippen LogP) is -1.37. The molecule has 1 aromatic rings. The number of aliphatic carboxylic acids is 1. The molecule has 1 aromatic carbocycles. The minimum Gasteiger partial charge on any atom is -0.669 e. The molecule has 0 bridgehead atoms. The molecule has 6 N–H and O–H groups in total. The maximum absolute atomic E-state index is 11.9. The van der Waals surface area contributed by atoms with Crippen molar-refractivity contribution >= 4 is 24.6 Å². The zero-order valence-electron chi connectivity index (χ0n) is 14.8. The zero-order chi connectivity index (χ0) is 20.6. The summed E-state index contributed by atoms with van der Waals surface area (Å²) in [5.41, 5.74) is 5.55. The molecule has 152 valence electrons. The standard InChI is InChI=1S/C16H20BN2O9/c18-10(15(21)22)5-12(20)19-6-9(7-19)27-11-2-1-8-3-4-17(25,26)28-14(8)13(11)16(23)24/h1-2,9-10,25-26H,3-7,18H2,(H,21,22)(H,23,24)/q-1/t10-/m0/s1. The maximum Gasteiger partial charge on any atom is 0.430 e. The molecule has 1 amide bonds. The largest absolute Gasteiger partial charge is 0.669 e. The lowest BCUT2D eigenvalue weighted by atomic mass is 9.70. The van der Waals surface area contributed by atoms with Crippen LogP contribution in [0.25, 0.3) is 0 Å². The summed E-state index contributed by atoms with van der Waals surface area (Å²) < 4.78 is 10.7. The van der Waals surface area contributed by atoms with Gasteiger partial charge in [-0.3, -0.25) is 9.59 Å². The molecule has 0 spiro atoms. The molecule has 0 radical (unpaired) electrons. The van der Waals surface area contributed by atoms with E-state index in [9.17, 15) is 29.5 Å². The third-order valence-electron chi connectivity index (χ3n) is 4.72. The van der Waals surface area contributed by atoms with Crippen LogP contribution in [-0.2, 0) is 16.0 Å². The number of aromatic carboxylic acids is 1. The highest BCUT2D eigenvalue weighted by Crippen LogP contribution is 2.38. The Balaban J connectivity index is 1.69. The Morgan fingerprint density at radius 3 is 2.57 bits per heavy atom. The number of carboxylic acid groups (broad SMARTS) is 2. The van der Waals surface area contributed by atoms with Crippen molar-refractivity contribution in [2.75, 3.05) is 13.1 Å². The molecule has 0 saturated carbocycles. The number of ether oxygens (including phenoxy) is 1. The van der Waals surface area contributed by atoms with Crippen molar-refractivity contribution in [2.24, 2.45) is 5.73 Å². The first kappa shape index (κ1) is 19.9. The Kier molecular flexibility index (Phi) is 5.19. The number of likely N-dealkylation sites (tertiary alicyclic amines) is 1. The van der Waals surface area contributed by atoms with Crippen LogP contribution in [0.2, 0.25) is 6.32 Å². The van der Waals surface area contributed by atoms with Gasteiger partial charge in [0.1, 0.15) is 23.5 Å². The lowest BCUT2D eigenvalue weighted by Crippen LogP contribution is -2.57. The van der Waals surface area contributed by atoms with Crippen LogP contribution in [0.3, 0.4) is 0 Å². The Labute approximate surface area is 159 Å². The van der Waals surface area contributed by atoms with Gasteiger partial charge in [0.2, 0.25) is 5.91 Å². The highest BCUT2D eigenvalue weighted by Gasteiger charge is 2.36. The number of nitrogens with zero attached hydrogens (tertiary/aromatic N) is 1. The van der Waals surface area contributed by atoms with E-state index in [4.69, 9.17) is 20.2 Å². The number of amides is 1. The monoisotopic (exact) mass is 395 g/mol. The van der Waals surface area contributed by atoms with Gasteiger partial charge in [0.15, 0.2) is 0 Å². The minimum atomic E-state index is -3.13. The van der Waals surface area contributed by atoms with Crippen molar-refractivity contribution in [3.05, 3.63) is 23.3 Å². The summed E-state index contributed by atoms with van der Waals surface area (Å²) in [6.07, 6.45) is -0.627. The van der Waals surface area contributed by atoms with Crippen molar-refractivity contribution in [2.45, 2.75) is 31.3 Å². The first-order chi connectivity index (χ1) is 13.1. The van der Waals surface area contributed by atoms with E-state index in [0.717, 1.165) is 0 Å². The molecule has 2 aliphatic rings. The van der Waals surface area contributed by atoms with E-state index in [0.29, 0.717) is 5.56 Å². The van der Waals surface area contributed by atoms with Gasteiger partial charge in [-0.2, -0.15) is 0 Å². The van der Waals surface area contributed by atoms with Crippen molar-refractivity contribution in [3.8, 4) is 11.5 Å². The summed E-state index contributed by atoms with van der Waals surface area (Å²) in [5.74, 6) is -3.21. The van der Waals surface area contributed by atoms with Crippen molar-refractivity contribution < 1.29 is 44.0 Å². The predicted molar refractivity (Wildman–Crippen MR) is 94.0 cm³/mol. The molecule has 11 nitrogen and oxygen atoms in total. The Hall–Kier alpha value is -2.83. The van der Waals surface area contributed by atoms with E-state index in [2.05, 4.69) is 0 Å². The molecule has 3 rings (SSSR count). The van der Waals surface area contributed by atoms with Gasteiger partial charge in [-0.05, 0) is 18.1 Å². The summed E-state index contributed by atoms with van der Waals surface area (Å²) >= 11 is 0. The van der Waals surface area contributed by atoms with Gasteiger partial charge in [0, 0.05) is 0 Å². The van der Waals surface area contributed by atoms with Gasteiger partial charge in [0.05, 0.1) is 25.3 Å². The van der Waals surface area contributed by atoms with Crippen LogP contribution in [0, 0.1) is 0 Å². The third-order valence-corrected chi connectivity index (χ3v) is 4.72. The summed E-state index contributed by atoms with van der Waals surface area (Å²) in [6, 6.07) is 1.77. The van der Waals surface area contributed by atoms with Crippen molar-refractivity contribution in [1.82, 2.24) is 4.90 Å². The highest BCUT2D eigenvalue weighted by atomic mass is 16.6. The van der Waals surface area contributed by atoms with Gasteiger partial charge >= 0.3 is 18.7 Å². The second-order valence-corrected chi connectivity index (χ2v) is 6.93. The van der Waals surface area contributed by atoms with E-state index in [-0.39, 0.29) is 49.3 Å². The van der Waals surface area contributed by atoms with E-state index in [1.807, 2.05) is 0 Å². The highest BCUT2D eigenvalue weighted by molar-refractivity contribution is 6.59. The van der Waals surface area contributed by atoms with Crippen LogP contribution >= 0.6 is 0 Å². The molecule has 1 saturated heterocycles. The fourth-order valence-electron chi connectivity index (χ4n) is 3.13. The van der Waals surface area contributed by atoms with E-state index < -0.39 is 36.7 Å². The summed E-state index contributed by atoms with van der Waals surface area (Å²) in [4.78, 5) is 35.7. The average molecular weight is 395 g/mol. The SMILES string of the molecule is N[C@@H](CC(=O)N1CC(Oc2ccc3c(c2C(=O)O)O[B-](O)(O)CC3)C1)C(=O)O. The summed E-state index contributed by atoms with van der Waals surface area (Å²) in [6.45, 7) is -2.84. The van der Waals surface area contributed by atoms with Crippen LogP contribution in [0.5, 0.6) is 11.5 Å². The van der Waals surface area contributed by atoms with Crippen LogP contribution < -0.4 is 15.1 Å². The Bertz CT molecular complexity index is 823. The topological polar surface area (TPSA) is 180 Å². The average Bonchev–Trinajstić information content (AvgIpc) is 2.55. The maximum atomic E-state index is 11.9. The Morgan fingerprint density at radius 1 is 1.29 bits per heavy atom. The number of carbonyl (C=O) groups excluding carboxylic acids is 1. The molecule has 1 fully saturated rings. The molecule has 2 aliphatic heterocycles. The van der Waals surface area contributed by atoms with Crippen molar-refractivity contribution in [3.63, 3.8) is 0 Å². The summed E-state index contributed by atoms with van der Waals surface area (Å²) in [5, 5.41) is 37.7. The molecule has 28 heavy (non-hydrogen) atoms. The number of nitrogens with two attached hydrogens (primary N) is 1. The van der Waals surface area contributed by atoms with Crippen molar-refractivity contribution in [1.29, 1.82) is 0 Å². The van der Waals surface area contributed by atoms with Gasteiger partial charge in [-0.15, -0.1) is 0 Å². The molecule has 12 heteroatoms. The van der Waals surface area contributed by atoms with Gasteiger partial charge in [0.25, 0.3) is 0 Å². The third kappa shape index (κ3) is 4.03. The Morgan fingerprint density at radius 2 is 1.96 bits per heavy atom. The van der Waals surface area contributed by atoms with Crippen LogP contribution in [0.4, 0.5) is 0 Å². The van der Waals surface area contributed by atoms with E-state index in [1.54, 1.807) is 6.07 Å². The first-order valence-electron chi connectivity index (χ1n) is 8.68. The number of rotatable bonds is 6. The van der Waals surface area contributed by atoms with Gasteiger partial charge in [-0.1, -0.05) is 12.4 Å². The van der Waals surface area contributed by atoms with Gasteiger partial charge in [-0.25, -0.2) is 4.79 Å². The molecule has 0 unspecified atom stereocenters. The lowest BCUT2D eigenvalue weighted by Gasteiger charge is -2.40. The molecule has 1 atom stereocenters. The smallest absolute Gasteiger partial charge is 0.430 e. The van der Waals surface area contributed by atoms with Gasteiger partial charge < -0.3 is 40.3 Å². The lowest BCUT2D eigenvalue weighted by molar-refractivity contribution is -0.146. The molecule has 0 aromatic heterocycles. The normalized spacial score (nSPS) is 19.0. The van der Waals surface area contributed by atoms with Crippen LogP contribution in [-0.4, -0.2) is 75.0 Å². The van der Waals surface area contributed by atoms with Crippen LogP contribution in [0.1, 0.15) is 22.3 Å². The van der Waals surface area contributed by atoms with Crippen LogP contribution in [0.15, 0.2) is 12.1 Å². The number of hydrogen-bond acceptors (Lipinski definition) is 8. The molecular weight excluding hydrogens is 375 g/mol. The number of aryl methyl sites for hydroxylation is 1. The zero-order valence-corrected chi connectivity index (χ0v) is 14.8. The fourth-order valence-corrected chi connectivity index (χ4v) is 3.13. The molecule has 0 aliphatic carbocycles. The fraction of sp³-hybridized carbons (Fsp3) is 0.438. The second-order valence-electron chi connectivity index (χ2n) is 6.93. The quantitative estimate of drug-likeness (QED) is 0.361. The second kappa shape index (κ2) is 7.30. The number of carboxylic acids is 2. The summed E-state index contributed by atoms with van der Waals surface area (Å²) in [7, 11) is 0. The number of fused-ring (bicyclic) bond motifs is 1. The minimum absolute atomic E-state index is 0.0147. The first-order valence-corrected chi connectivity index (χ1v) is 8.68. The molecule has 2 heterocycles. The van der Waals surface area contributed by atoms with E-state index >= 15 is 0 Å². The van der Waals surface area contributed by atoms with E-state index in [1.165, 1.54) is 11.0 Å². The number of benzene rings is 1. The molecular formula is C16H20BN2O9-. The number of carbonyl (C=O) groups is 3. The number of hydrogen-bond donors (Lipinski definition) is 5.